The van der Waals surface area contributed by atoms with Crippen molar-refractivity contribution < 1.29 is 0 Å². The van der Waals surface area contributed by atoms with E-state index in [0.717, 1.165) is 6.71 Å². The van der Waals surface area contributed by atoms with E-state index in [9.17, 15) is 0 Å². The fourth-order valence-electron chi connectivity index (χ4n) is 3.13. The van der Waals surface area contributed by atoms with Crippen molar-refractivity contribution in [1.29, 1.82) is 0 Å². The molecule has 1 heterocycles. The van der Waals surface area contributed by atoms with Gasteiger partial charge in [0.05, 0.1) is 0 Å². The van der Waals surface area contributed by atoms with Gasteiger partial charge < -0.3 is 0 Å². The van der Waals surface area contributed by atoms with Crippen LogP contribution in [0.3, 0.4) is 0 Å². The quantitative estimate of drug-likeness (QED) is 0.607. The topological polar surface area (TPSA) is 0 Å². The fraction of sp³-hybridized carbons (Fsp3) is 0.714. The van der Waals surface area contributed by atoms with Crippen molar-refractivity contribution >= 4 is 14.8 Å². The van der Waals surface area contributed by atoms with Gasteiger partial charge in [0.15, 0.2) is 6.71 Å². The molecule has 0 aromatic rings. The van der Waals surface area contributed by atoms with Crippen molar-refractivity contribution in [1.82, 2.24) is 0 Å². The number of allylic oxidation sites excluding steroid dienone is 4. The standard InChI is InChI=1S/C14H27BSi/c1-8-13-11(4)16(6,7)12(5)14(13)15(9-2)10-3/h8-10H2,1-7H3. The van der Waals surface area contributed by atoms with Gasteiger partial charge in [0.1, 0.15) is 8.07 Å². The lowest BCUT2D eigenvalue weighted by molar-refractivity contribution is 1.11. The van der Waals surface area contributed by atoms with E-state index in [2.05, 4.69) is 47.7 Å². The smallest absolute Gasteiger partial charge is 0.0845 e. The summed E-state index contributed by atoms with van der Waals surface area (Å²) in [7, 11) is -1.23. The molecule has 0 amide bonds. The van der Waals surface area contributed by atoms with E-state index < -0.39 is 8.07 Å². The maximum atomic E-state index is 2.52. The molecule has 0 aliphatic carbocycles. The van der Waals surface area contributed by atoms with Gasteiger partial charge in [-0.05, 0) is 20.3 Å². The lowest BCUT2D eigenvalue weighted by Gasteiger charge is -2.21. The van der Waals surface area contributed by atoms with Crippen molar-refractivity contribution in [2.24, 2.45) is 0 Å². The zero-order chi connectivity index (χ0) is 12.5. The third-order valence-corrected chi connectivity index (χ3v) is 9.13. The Bertz CT molecular complexity index is 333. The summed E-state index contributed by atoms with van der Waals surface area (Å²) in [6.07, 6.45) is 3.82. The summed E-state index contributed by atoms with van der Waals surface area (Å²) in [6.45, 7) is 17.6. The minimum Gasteiger partial charge on any atom is -0.0845 e. The molecular formula is C14H27BSi. The Morgan fingerprint density at radius 2 is 1.44 bits per heavy atom. The van der Waals surface area contributed by atoms with Crippen LogP contribution >= 0.6 is 0 Å². The minimum atomic E-state index is -1.23. The van der Waals surface area contributed by atoms with Gasteiger partial charge >= 0.3 is 0 Å². The van der Waals surface area contributed by atoms with Crippen LogP contribution < -0.4 is 0 Å². The van der Waals surface area contributed by atoms with E-state index in [1.54, 1.807) is 21.4 Å². The van der Waals surface area contributed by atoms with Gasteiger partial charge in [-0.3, -0.25) is 0 Å². The van der Waals surface area contributed by atoms with E-state index in [1.807, 2.05) is 0 Å². The van der Waals surface area contributed by atoms with Crippen LogP contribution in [0, 0.1) is 0 Å². The number of hydrogen-bond donors (Lipinski definition) is 0. The van der Waals surface area contributed by atoms with Crippen LogP contribution in [0.2, 0.25) is 25.7 Å². The Kier molecular flexibility index (Phi) is 4.28. The van der Waals surface area contributed by atoms with E-state index in [-0.39, 0.29) is 0 Å². The predicted molar refractivity (Wildman–Crippen MR) is 79.9 cm³/mol. The zero-order valence-corrected chi connectivity index (χ0v) is 13.2. The van der Waals surface area contributed by atoms with Crippen LogP contribution in [-0.4, -0.2) is 14.8 Å². The molecule has 0 unspecified atom stereocenters. The summed E-state index contributed by atoms with van der Waals surface area (Å²) in [6, 6.07) is 0. The lowest BCUT2D eigenvalue weighted by Crippen LogP contribution is -2.28. The van der Waals surface area contributed by atoms with Crippen molar-refractivity contribution in [3.05, 3.63) is 21.4 Å². The second-order valence-corrected chi connectivity index (χ2v) is 10.4. The Hall–Kier alpha value is -0.238. The highest BCUT2D eigenvalue weighted by molar-refractivity contribution is 6.93. The highest BCUT2D eigenvalue weighted by Gasteiger charge is 2.38. The predicted octanol–water partition coefficient (Wildman–Crippen LogP) is 4.90. The van der Waals surface area contributed by atoms with E-state index in [1.165, 1.54) is 19.1 Å². The van der Waals surface area contributed by atoms with Crippen LogP contribution in [0.5, 0.6) is 0 Å². The third kappa shape index (κ3) is 1.97. The van der Waals surface area contributed by atoms with Crippen molar-refractivity contribution in [3.8, 4) is 0 Å². The summed E-state index contributed by atoms with van der Waals surface area (Å²) >= 11 is 0. The average Bonchev–Trinajstić information content (AvgIpc) is 2.42. The SMILES string of the molecule is CCB(CC)C1=C(C)[Si](C)(C)C(C)=C1CC. The molecule has 1 aliphatic heterocycles. The molecule has 0 bridgehead atoms. The van der Waals surface area contributed by atoms with Crippen LogP contribution in [0.4, 0.5) is 0 Å². The van der Waals surface area contributed by atoms with Gasteiger partial charge in [0, 0.05) is 0 Å². The number of rotatable bonds is 4. The molecule has 0 fully saturated rings. The first-order valence-electron chi connectivity index (χ1n) is 6.83. The summed E-state index contributed by atoms with van der Waals surface area (Å²) < 4.78 is 0. The summed E-state index contributed by atoms with van der Waals surface area (Å²) in [4.78, 5) is 0. The molecule has 1 aliphatic rings. The molecule has 0 aromatic carbocycles. The molecule has 0 spiro atoms. The van der Waals surface area contributed by atoms with Crippen molar-refractivity contribution in [2.45, 2.75) is 66.8 Å². The first-order chi connectivity index (χ1) is 7.41. The Balaban J connectivity index is 3.29. The largest absolute Gasteiger partial charge is 0.175 e. The molecule has 0 saturated heterocycles. The Morgan fingerprint density at radius 1 is 0.938 bits per heavy atom. The zero-order valence-electron chi connectivity index (χ0n) is 12.2. The number of hydrogen-bond acceptors (Lipinski definition) is 0. The van der Waals surface area contributed by atoms with Crippen molar-refractivity contribution in [2.75, 3.05) is 0 Å². The van der Waals surface area contributed by atoms with Crippen LogP contribution in [0.1, 0.15) is 41.0 Å². The van der Waals surface area contributed by atoms with Crippen LogP contribution in [0.25, 0.3) is 0 Å². The van der Waals surface area contributed by atoms with Crippen molar-refractivity contribution in [3.63, 3.8) is 0 Å². The Morgan fingerprint density at radius 3 is 1.81 bits per heavy atom. The summed E-state index contributed by atoms with van der Waals surface area (Å²) in [5.41, 5.74) is 3.46. The molecule has 0 radical (unpaired) electrons. The molecule has 0 N–H and O–H groups in total. The molecule has 0 nitrogen and oxygen atoms in total. The fourth-order valence-corrected chi connectivity index (χ4v) is 5.79. The van der Waals surface area contributed by atoms with Crippen LogP contribution in [-0.2, 0) is 0 Å². The normalized spacial score (nSPS) is 19.7. The summed E-state index contributed by atoms with van der Waals surface area (Å²) in [5, 5.41) is 3.50. The van der Waals surface area contributed by atoms with Gasteiger partial charge in [0.2, 0.25) is 0 Å². The monoisotopic (exact) mass is 234 g/mol. The van der Waals surface area contributed by atoms with Gasteiger partial charge in [-0.2, -0.15) is 0 Å². The van der Waals surface area contributed by atoms with E-state index in [4.69, 9.17) is 0 Å². The van der Waals surface area contributed by atoms with Gasteiger partial charge in [-0.25, -0.2) is 0 Å². The molecule has 90 valence electrons. The minimum absolute atomic E-state index is 0.805. The highest BCUT2D eigenvalue weighted by atomic mass is 28.3. The maximum Gasteiger partial charge on any atom is 0.175 e. The second-order valence-electron chi connectivity index (χ2n) is 5.63. The second kappa shape index (κ2) is 4.95. The van der Waals surface area contributed by atoms with E-state index >= 15 is 0 Å². The van der Waals surface area contributed by atoms with Crippen LogP contribution in [0.15, 0.2) is 21.4 Å². The molecule has 0 saturated carbocycles. The highest BCUT2D eigenvalue weighted by Crippen LogP contribution is 2.42. The molecule has 0 aromatic heterocycles. The molecule has 1 rings (SSSR count). The first kappa shape index (κ1) is 13.8. The molecular weight excluding hydrogens is 207 g/mol. The maximum absolute atomic E-state index is 2.52. The average molecular weight is 234 g/mol. The Labute approximate surface area is 103 Å². The third-order valence-electron chi connectivity index (χ3n) is 4.80. The molecule has 0 atom stereocenters. The lowest BCUT2D eigenvalue weighted by atomic mass is 9.39. The molecule has 16 heavy (non-hydrogen) atoms. The summed E-state index contributed by atoms with van der Waals surface area (Å²) in [5.74, 6) is 0. The first-order valence-corrected chi connectivity index (χ1v) is 9.83. The van der Waals surface area contributed by atoms with Gasteiger partial charge in [-0.15, -0.1) is 0 Å². The molecule has 2 heteroatoms. The van der Waals surface area contributed by atoms with E-state index in [0.29, 0.717) is 0 Å². The van der Waals surface area contributed by atoms with Gasteiger partial charge in [0.25, 0.3) is 0 Å². The van der Waals surface area contributed by atoms with Gasteiger partial charge in [-0.1, -0.05) is 67.9 Å².